The molecule has 226 valence electrons. The highest BCUT2D eigenvalue weighted by atomic mass is 35.5. The third-order valence-corrected chi connectivity index (χ3v) is 10.4. The van der Waals surface area contributed by atoms with E-state index in [1.165, 1.54) is 83.7 Å². The summed E-state index contributed by atoms with van der Waals surface area (Å²) in [6.07, 6.45) is 15.9. The molecule has 2 bridgehead atoms. The Labute approximate surface area is 247 Å². The molecule has 2 rings (SSSR count). The van der Waals surface area contributed by atoms with Crippen molar-refractivity contribution in [3.63, 3.8) is 0 Å². The van der Waals surface area contributed by atoms with Crippen LogP contribution in [0.1, 0.15) is 90.9 Å². The maximum absolute atomic E-state index is 7.15. The lowest BCUT2D eigenvalue weighted by molar-refractivity contribution is -0.900. The van der Waals surface area contributed by atoms with E-state index in [9.17, 15) is 0 Å². The number of hydrogen-bond acceptors (Lipinski definition) is 4. The van der Waals surface area contributed by atoms with Gasteiger partial charge in [-0.2, -0.15) is 0 Å². The van der Waals surface area contributed by atoms with Gasteiger partial charge in [0.05, 0.1) is 32.6 Å². The molecule has 0 aromatic carbocycles. The molecule has 1 N–H and O–H groups in total. The minimum Gasteiger partial charge on any atom is -0.328 e. The van der Waals surface area contributed by atoms with Gasteiger partial charge in [0.15, 0.2) is 0 Å². The van der Waals surface area contributed by atoms with Gasteiger partial charge < -0.3 is 14.3 Å². The van der Waals surface area contributed by atoms with Crippen molar-refractivity contribution < 1.29 is 4.48 Å². The van der Waals surface area contributed by atoms with Crippen LogP contribution in [0.4, 0.5) is 0 Å². The Morgan fingerprint density at radius 1 is 0.816 bits per heavy atom. The van der Waals surface area contributed by atoms with Gasteiger partial charge in [-0.25, -0.2) is 0 Å². The maximum atomic E-state index is 7.15. The fourth-order valence-corrected chi connectivity index (χ4v) is 7.70. The van der Waals surface area contributed by atoms with Gasteiger partial charge in [0.1, 0.15) is 5.50 Å². The SMILES string of the molecule is CCCCCCCC(CCCCC1C(Cl)C(Cl)NCCN2CCCN(C)CCN1CC2)C(CC)[N+](C)(C)C. The molecule has 0 spiro atoms. The molecule has 0 aromatic heterocycles. The summed E-state index contributed by atoms with van der Waals surface area (Å²) in [5.41, 5.74) is -0.177. The molecule has 0 aliphatic carbocycles. The Hall–Kier alpha value is 0.380. The van der Waals surface area contributed by atoms with Gasteiger partial charge in [0.25, 0.3) is 0 Å². The molecule has 2 fully saturated rings. The molecule has 5 nitrogen and oxygen atoms in total. The number of unbranched alkanes of at least 4 members (excludes halogenated alkanes) is 5. The second-order valence-electron chi connectivity index (χ2n) is 13.2. The van der Waals surface area contributed by atoms with Crippen molar-refractivity contribution in [2.45, 2.75) is 114 Å². The zero-order chi connectivity index (χ0) is 28.0. The van der Waals surface area contributed by atoms with E-state index in [-0.39, 0.29) is 10.9 Å². The molecular weight excluding hydrogens is 513 g/mol. The second-order valence-corrected chi connectivity index (χ2v) is 14.2. The number of likely N-dealkylation sites (N-methyl/N-ethyl adjacent to an activating group) is 1. The summed E-state index contributed by atoms with van der Waals surface area (Å²) in [5.74, 6) is 0.816. The molecule has 0 amide bonds. The minimum atomic E-state index is -0.177. The lowest BCUT2D eigenvalue weighted by Gasteiger charge is -2.41. The van der Waals surface area contributed by atoms with Crippen LogP contribution < -0.4 is 5.32 Å². The van der Waals surface area contributed by atoms with E-state index < -0.39 is 0 Å². The van der Waals surface area contributed by atoms with E-state index in [4.69, 9.17) is 23.2 Å². The van der Waals surface area contributed by atoms with Crippen LogP contribution in [0.2, 0.25) is 0 Å². The van der Waals surface area contributed by atoms with Gasteiger partial charge in [0, 0.05) is 51.2 Å². The average Bonchev–Trinajstić information content (AvgIpc) is 2.87. The van der Waals surface area contributed by atoms with Crippen LogP contribution >= 0.6 is 23.2 Å². The highest BCUT2D eigenvalue weighted by molar-refractivity contribution is 6.30. The highest BCUT2D eigenvalue weighted by Gasteiger charge is 2.33. The molecule has 0 saturated carbocycles. The Morgan fingerprint density at radius 3 is 2.18 bits per heavy atom. The van der Waals surface area contributed by atoms with Crippen LogP contribution in [0.25, 0.3) is 0 Å². The third-order valence-electron chi connectivity index (χ3n) is 9.33. The first-order valence-corrected chi connectivity index (χ1v) is 17.0. The predicted molar refractivity (Wildman–Crippen MR) is 169 cm³/mol. The molecule has 0 aromatic rings. The van der Waals surface area contributed by atoms with E-state index in [0.29, 0.717) is 6.04 Å². The van der Waals surface area contributed by atoms with Crippen molar-refractivity contribution in [3.05, 3.63) is 0 Å². The van der Waals surface area contributed by atoms with Gasteiger partial charge in [0.2, 0.25) is 0 Å². The average molecular weight is 578 g/mol. The van der Waals surface area contributed by atoms with E-state index in [0.717, 1.165) is 62.1 Å². The van der Waals surface area contributed by atoms with E-state index in [1.807, 2.05) is 0 Å². The summed E-state index contributed by atoms with van der Waals surface area (Å²) in [6, 6.07) is 1.07. The molecule has 2 heterocycles. The van der Waals surface area contributed by atoms with Crippen LogP contribution in [0.3, 0.4) is 0 Å². The van der Waals surface area contributed by atoms with Crippen molar-refractivity contribution >= 4 is 23.2 Å². The maximum Gasteiger partial charge on any atom is 0.101 e. The van der Waals surface area contributed by atoms with Gasteiger partial charge >= 0.3 is 0 Å². The third kappa shape index (κ3) is 12.5. The highest BCUT2D eigenvalue weighted by Crippen LogP contribution is 2.30. The van der Waals surface area contributed by atoms with Gasteiger partial charge in [-0.15, -0.1) is 23.2 Å². The molecule has 0 radical (unpaired) electrons. The fourth-order valence-electron chi connectivity index (χ4n) is 7.05. The number of hydrogen-bond donors (Lipinski definition) is 1. The molecule has 7 unspecified atom stereocenters. The lowest BCUT2D eigenvalue weighted by Crippen LogP contribution is -2.55. The summed E-state index contributed by atoms with van der Waals surface area (Å²) < 4.78 is 1.08. The van der Waals surface area contributed by atoms with E-state index in [1.54, 1.807) is 0 Å². The van der Waals surface area contributed by atoms with Crippen LogP contribution in [0, 0.1) is 5.92 Å². The van der Waals surface area contributed by atoms with Crippen molar-refractivity contribution in [1.29, 1.82) is 0 Å². The van der Waals surface area contributed by atoms with Crippen molar-refractivity contribution in [3.8, 4) is 0 Å². The van der Waals surface area contributed by atoms with Crippen molar-refractivity contribution in [1.82, 2.24) is 20.0 Å². The number of alkyl halides is 2. The summed E-state index contributed by atoms with van der Waals surface area (Å²) in [4.78, 5) is 7.80. The molecule has 2 aliphatic heterocycles. The first kappa shape index (κ1) is 34.6. The Kier molecular flexibility index (Phi) is 17.1. The topological polar surface area (TPSA) is 21.8 Å². The lowest BCUT2D eigenvalue weighted by atomic mass is 9.85. The monoisotopic (exact) mass is 576 g/mol. The summed E-state index contributed by atoms with van der Waals surface area (Å²) in [7, 11) is 9.47. The minimum absolute atomic E-state index is 0.0690. The van der Waals surface area contributed by atoms with E-state index >= 15 is 0 Å². The van der Waals surface area contributed by atoms with Gasteiger partial charge in [-0.3, -0.25) is 10.2 Å². The molecule has 7 heteroatoms. The largest absolute Gasteiger partial charge is 0.328 e. The smallest absolute Gasteiger partial charge is 0.101 e. The van der Waals surface area contributed by atoms with E-state index in [2.05, 4.69) is 62.1 Å². The first-order valence-electron chi connectivity index (χ1n) is 16.1. The van der Waals surface area contributed by atoms with Crippen LogP contribution in [-0.2, 0) is 0 Å². The number of rotatable bonds is 14. The number of fused-ring (bicyclic) bond motifs is 3. The zero-order valence-electron chi connectivity index (χ0n) is 26.1. The van der Waals surface area contributed by atoms with Crippen LogP contribution in [0.5, 0.6) is 0 Å². The zero-order valence-corrected chi connectivity index (χ0v) is 27.6. The van der Waals surface area contributed by atoms with Gasteiger partial charge in [-0.1, -0.05) is 58.8 Å². The normalized spacial score (nSPS) is 30.2. The molecule has 38 heavy (non-hydrogen) atoms. The number of nitrogens with one attached hydrogen (secondary N) is 1. The predicted octanol–water partition coefficient (Wildman–Crippen LogP) is 6.09. The first-order chi connectivity index (χ1) is 18.2. The number of halogens is 2. The Bertz CT molecular complexity index is 601. The summed E-state index contributed by atoms with van der Waals surface area (Å²) in [6.45, 7) is 13.5. The Morgan fingerprint density at radius 2 is 1.50 bits per heavy atom. The van der Waals surface area contributed by atoms with Crippen LogP contribution in [-0.4, -0.2) is 123 Å². The van der Waals surface area contributed by atoms with Crippen molar-refractivity contribution in [2.75, 3.05) is 80.5 Å². The Balaban J connectivity index is 2.03. The van der Waals surface area contributed by atoms with Crippen molar-refractivity contribution in [2.24, 2.45) is 5.92 Å². The quantitative estimate of drug-likeness (QED) is 0.117. The molecule has 7 atom stereocenters. The second kappa shape index (κ2) is 18.7. The standard InChI is InChI=1S/C31H64Cl2N5/c1-7-9-10-11-12-16-27(29(8-2)38(4,5)6)17-13-14-18-28-30(32)31(33)34-19-22-36-21-15-20-35(3)23-25-37(28)26-24-36/h27-31,34H,7-26H2,1-6H3/q+1. The summed E-state index contributed by atoms with van der Waals surface area (Å²) >= 11 is 14.0. The molecular formula is C31H64Cl2N5+. The summed E-state index contributed by atoms with van der Waals surface area (Å²) in [5, 5.41) is 3.48. The number of quaternary nitrogens is 1. The van der Waals surface area contributed by atoms with Crippen LogP contribution in [0.15, 0.2) is 0 Å². The molecule has 2 saturated heterocycles. The fraction of sp³-hybridized carbons (Fsp3) is 1.00. The number of nitrogens with zero attached hydrogens (tertiary/aromatic N) is 4. The molecule has 2 aliphatic rings. The van der Waals surface area contributed by atoms with Gasteiger partial charge in [-0.05, 0) is 52.2 Å².